The van der Waals surface area contributed by atoms with Crippen LogP contribution < -0.4 is 5.32 Å². The number of hydrogen-bond acceptors (Lipinski definition) is 2. The largest absolute Gasteiger partial charge is 0.379 e. The SMILES string of the molecule is CCCOCC(NC)c1cccc(F)c1. The normalized spacial score (nSPS) is 12.7. The van der Waals surface area contributed by atoms with E-state index in [0.29, 0.717) is 6.61 Å². The number of rotatable bonds is 6. The average Bonchev–Trinajstić information content (AvgIpc) is 2.24. The molecular formula is C12H18FNO. The summed E-state index contributed by atoms with van der Waals surface area (Å²) < 4.78 is 18.4. The molecule has 1 rings (SSSR count). The van der Waals surface area contributed by atoms with Crippen molar-refractivity contribution in [3.63, 3.8) is 0 Å². The van der Waals surface area contributed by atoms with E-state index in [9.17, 15) is 4.39 Å². The molecule has 0 fully saturated rings. The summed E-state index contributed by atoms with van der Waals surface area (Å²) in [4.78, 5) is 0. The first-order valence-electron chi connectivity index (χ1n) is 5.28. The molecule has 2 nitrogen and oxygen atoms in total. The first-order chi connectivity index (χ1) is 7.27. The van der Waals surface area contributed by atoms with Crippen LogP contribution in [0, 0.1) is 5.82 Å². The summed E-state index contributed by atoms with van der Waals surface area (Å²) in [6, 6.07) is 6.67. The van der Waals surface area contributed by atoms with Gasteiger partial charge in [-0.15, -0.1) is 0 Å². The molecule has 0 aliphatic heterocycles. The summed E-state index contributed by atoms with van der Waals surface area (Å²) in [5.41, 5.74) is 0.925. The molecule has 1 unspecified atom stereocenters. The van der Waals surface area contributed by atoms with Gasteiger partial charge in [-0.1, -0.05) is 19.1 Å². The van der Waals surface area contributed by atoms with Crippen LogP contribution in [0.3, 0.4) is 0 Å². The lowest BCUT2D eigenvalue weighted by Crippen LogP contribution is -2.22. The Labute approximate surface area is 90.4 Å². The van der Waals surface area contributed by atoms with Crippen molar-refractivity contribution < 1.29 is 9.13 Å². The molecule has 0 amide bonds. The van der Waals surface area contributed by atoms with Crippen LogP contribution in [0.1, 0.15) is 24.9 Å². The van der Waals surface area contributed by atoms with Crippen molar-refractivity contribution in [2.45, 2.75) is 19.4 Å². The highest BCUT2D eigenvalue weighted by atomic mass is 19.1. The van der Waals surface area contributed by atoms with Gasteiger partial charge in [-0.2, -0.15) is 0 Å². The molecule has 0 heterocycles. The smallest absolute Gasteiger partial charge is 0.123 e. The molecule has 15 heavy (non-hydrogen) atoms. The third-order valence-corrected chi connectivity index (χ3v) is 2.23. The van der Waals surface area contributed by atoms with Gasteiger partial charge < -0.3 is 10.1 Å². The summed E-state index contributed by atoms with van der Waals surface area (Å²) in [7, 11) is 1.85. The number of ether oxygens (including phenoxy) is 1. The van der Waals surface area contributed by atoms with E-state index in [-0.39, 0.29) is 11.9 Å². The van der Waals surface area contributed by atoms with Gasteiger partial charge in [0.05, 0.1) is 12.6 Å². The molecule has 1 aromatic carbocycles. The van der Waals surface area contributed by atoms with Crippen molar-refractivity contribution in [1.29, 1.82) is 0 Å². The Bertz CT molecular complexity index is 291. The van der Waals surface area contributed by atoms with Gasteiger partial charge in [0.25, 0.3) is 0 Å². The number of likely N-dealkylation sites (N-methyl/N-ethyl adjacent to an activating group) is 1. The quantitative estimate of drug-likeness (QED) is 0.730. The van der Waals surface area contributed by atoms with Crippen LogP contribution in [0.2, 0.25) is 0 Å². The highest BCUT2D eigenvalue weighted by molar-refractivity contribution is 5.20. The van der Waals surface area contributed by atoms with Crippen molar-refractivity contribution in [3.05, 3.63) is 35.6 Å². The number of halogens is 1. The molecule has 0 spiro atoms. The average molecular weight is 211 g/mol. The highest BCUT2D eigenvalue weighted by Gasteiger charge is 2.09. The van der Waals surface area contributed by atoms with Crippen molar-refractivity contribution in [1.82, 2.24) is 5.32 Å². The predicted molar refractivity (Wildman–Crippen MR) is 59.3 cm³/mol. The second-order valence-electron chi connectivity index (χ2n) is 3.47. The molecule has 84 valence electrons. The minimum absolute atomic E-state index is 0.0623. The minimum atomic E-state index is -0.205. The van der Waals surface area contributed by atoms with Gasteiger partial charge in [0.1, 0.15) is 5.82 Å². The fourth-order valence-corrected chi connectivity index (χ4v) is 1.42. The summed E-state index contributed by atoms with van der Waals surface area (Å²) >= 11 is 0. The van der Waals surface area contributed by atoms with Crippen LogP contribution >= 0.6 is 0 Å². The van der Waals surface area contributed by atoms with Crippen LogP contribution in [0.4, 0.5) is 4.39 Å². The summed E-state index contributed by atoms with van der Waals surface area (Å²) in [6.45, 7) is 3.39. The van der Waals surface area contributed by atoms with E-state index >= 15 is 0 Å². The predicted octanol–water partition coefficient (Wildman–Crippen LogP) is 2.51. The molecular weight excluding hydrogens is 193 g/mol. The second kappa shape index (κ2) is 6.53. The van der Waals surface area contributed by atoms with Gasteiger partial charge in [0, 0.05) is 6.61 Å². The van der Waals surface area contributed by atoms with Crippen molar-refractivity contribution >= 4 is 0 Å². The van der Waals surface area contributed by atoms with E-state index in [1.807, 2.05) is 13.1 Å². The van der Waals surface area contributed by atoms with Crippen molar-refractivity contribution in [2.75, 3.05) is 20.3 Å². The van der Waals surface area contributed by atoms with E-state index in [1.165, 1.54) is 12.1 Å². The lowest BCUT2D eigenvalue weighted by molar-refractivity contribution is 0.114. The Morgan fingerprint density at radius 1 is 1.47 bits per heavy atom. The molecule has 0 radical (unpaired) electrons. The molecule has 0 aromatic heterocycles. The Kier molecular flexibility index (Phi) is 5.29. The fraction of sp³-hybridized carbons (Fsp3) is 0.500. The monoisotopic (exact) mass is 211 g/mol. The second-order valence-corrected chi connectivity index (χ2v) is 3.47. The zero-order chi connectivity index (χ0) is 11.1. The Balaban J connectivity index is 2.57. The molecule has 3 heteroatoms. The Morgan fingerprint density at radius 3 is 2.87 bits per heavy atom. The lowest BCUT2D eigenvalue weighted by Gasteiger charge is -2.16. The van der Waals surface area contributed by atoms with Gasteiger partial charge in [-0.25, -0.2) is 4.39 Å². The van der Waals surface area contributed by atoms with Crippen LogP contribution in [0.25, 0.3) is 0 Å². The van der Waals surface area contributed by atoms with Crippen LogP contribution in [0.5, 0.6) is 0 Å². The van der Waals surface area contributed by atoms with Gasteiger partial charge in [-0.3, -0.25) is 0 Å². The molecule has 0 aliphatic carbocycles. The molecule has 1 N–H and O–H groups in total. The Morgan fingerprint density at radius 2 is 2.27 bits per heavy atom. The molecule has 0 saturated heterocycles. The molecule has 0 bridgehead atoms. The highest BCUT2D eigenvalue weighted by Crippen LogP contribution is 2.14. The fourth-order valence-electron chi connectivity index (χ4n) is 1.42. The maximum absolute atomic E-state index is 13.0. The minimum Gasteiger partial charge on any atom is -0.379 e. The number of hydrogen-bond donors (Lipinski definition) is 1. The van der Waals surface area contributed by atoms with Gasteiger partial charge >= 0.3 is 0 Å². The maximum atomic E-state index is 13.0. The van der Waals surface area contributed by atoms with Crippen molar-refractivity contribution in [3.8, 4) is 0 Å². The standard InChI is InChI=1S/C12H18FNO/c1-3-7-15-9-12(14-2)10-5-4-6-11(13)8-10/h4-6,8,12,14H,3,7,9H2,1-2H3. The topological polar surface area (TPSA) is 21.3 Å². The number of nitrogens with one attached hydrogen (secondary N) is 1. The lowest BCUT2D eigenvalue weighted by atomic mass is 10.1. The zero-order valence-electron chi connectivity index (χ0n) is 9.29. The summed E-state index contributed by atoms with van der Waals surface area (Å²) in [5.74, 6) is -0.205. The summed E-state index contributed by atoms with van der Waals surface area (Å²) in [5, 5.41) is 3.11. The third kappa shape index (κ3) is 3.98. The molecule has 1 aromatic rings. The summed E-state index contributed by atoms with van der Waals surface area (Å²) in [6.07, 6.45) is 1.000. The maximum Gasteiger partial charge on any atom is 0.123 e. The number of benzene rings is 1. The van der Waals surface area contributed by atoms with Crippen molar-refractivity contribution in [2.24, 2.45) is 0 Å². The van der Waals surface area contributed by atoms with E-state index in [0.717, 1.165) is 18.6 Å². The molecule has 0 aliphatic rings. The molecule has 0 saturated carbocycles. The van der Waals surface area contributed by atoms with Crippen LogP contribution in [-0.2, 0) is 4.74 Å². The Hall–Kier alpha value is -0.930. The molecule has 1 atom stereocenters. The zero-order valence-corrected chi connectivity index (χ0v) is 9.29. The van der Waals surface area contributed by atoms with Gasteiger partial charge in [-0.05, 0) is 31.2 Å². The van der Waals surface area contributed by atoms with E-state index < -0.39 is 0 Å². The van der Waals surface area contributed by atoms with E-state index in [2.05, 4.69) is 12.2 Å². The first-order valence-corrected chi connectivity index (χ1v) is 5.28. The third-order valence-electron chi connectivity index (χ3n) is 2.23. The first kappa shape index (κ1) is 12.1. The van der Waals surface area contributed by atoms with Crippen LogP contribution in [-0.4, -0.2) is 20.3 Å². The van der Waals surface area contributed by atoms with Gasteiger partial charge in [0.15, 0.2) is 0 Å². The van der Waals surface area contributed by atoms with Gasteiger partial charge in [0.2, 0.25) is 0 Å². The van der Waals surface area contributed by atoms with E-state index in [1.54, 1.807) is 6.07 Å². The van der Waals surface area contributed by atoms with Crippen LogP contribution in [0.15, 0.2) is 24.3 Å². The van der Waals surface area contributed by atoms with E-state index in [4.69, 9.17) is 4.74 Å².